The number of halogens is 1. The third kappa shape index (κ3) is 2.93. The van der Waals surface area contributed by atoms with Gasteiger partial charge in [0, 0.05) is 10.6 Å². The van der Waals surface area contributed by atoms with Crippen molar-refractivity contribution < 1.29 is 9.53 Å². The van der Waals surface area contributed by atoms with Gasteiger partial charge in [0.15, 0.2) is 11.6 Å². The van der Waals surface area contributed by atoms with Crippen LogP contribution in [0, 0.1) is 0 Å². The first kappa shape index (κ1) is 17.3. The molecule has 1 fully saturated rings. The summed E-state index contributed by atoms with van der Waals surface area (Å²) in [5, 5.41) is 0.558. The molecule has 134 valence electrons. The fraction of sp³-hybridized carbons (Fsp3) is 0.333. The van der Waals surface area contributed by atoms with Gasteiger partial charge in [-0.3, -0.25) is 4.79 Å². The summed E-state index contributed by atoms with van der Waals surface area (Å²) in [5.74, 6) is 0.450. The minimum Gasteiger partial charge on any atom is -0.468 e. The van der Waals surface area contributed by atoms with E-state index in [9.17, 15) is 4.79 Å². The van der Waals surface area contributed by atoms with Crippen LogP contribution < -0.4 is 5.73 Å². The van der Waals surface area contributed by atoms with Crippen molar-refractivity contribution in [2.75, 3.05) is 0 Å². The van der Waals surface area contributed by atoms with Gasteiger partial charge in [0.2, 0.25) is 11.7 Å². The molecule has 26 heavy (non-hydrogen) atoms. The average Bonchev–Trinajstić information content (AvgIpc) is 2.63. The number of rotatable bonds is 4. The normalized spacial score (nSPS) is 26.0. The first-order valence-electron chi connectivity index (χ1n) is 8.95. The van der Waals surface area contributed by atoms with Crippen molar-refractivity contribution >= 4 is 23.3 Å². The van der Waals surface area contributed by atoms with E-state index in [0.717, 1.165) is 17.5 Å². The Balaban J connectivity index is 1.73. The molecule has 0 aromatic heterocycles. The van der Waals surface area contributed by atoms with Crippen LogP contribution in [-0.4, -0.2) is 23.8 Å². The number of carbonyl (C=O) groups excluding carboxylic acids is 1. The van der Waals surface area contributed by atoms with Gasteiger partial charge in [-0.05, 0) is 37.3 Å². The summed E-state index contributed by atoms with van der Waals surface area (Å²) in [4.78, 5) is 17.9. The van der Waals surface area contributed by atoms with Crippen molar-refractivity contribution in [2.24, 2.45) is 10.7 Å². The SMILES string of the molecule is N[C@@H](Cc1ccccc1)C1=N[C@]2(c3ccccc3Cl)CCC[C@H](O1)C2=O. The highest BCUT2D eigenvalue weighted by atomic mass is 35.5. The molecule has 2 bridgehead atoms. The predicted molar refractivity (Wildman–Crippen MR) is 102 cm³/mol. The van der Waals surface area contributed by atoms with E-state index in [-0.39, 0.29) is 5.78 Å². The van der Waals surface area contributed by atoms with E-state index < -0.39 is 17.7 Å². The number of aliphatic imine (C=N–C) groups is 1. The van der Waals surface area contributed by atoms with Crippen LogP contribution in [0.15, 0.2) is 59.6 Å². The summed E-state index contributed by atoms with van der Waals surface area (Å²) >= 11 is 6.43. The van der Waals surface area contributed by atoms with Crippen molar-refractivity contribution in [1.82, 2.24) is 0 Å². The Bertz CT molecular complexity index is 852. The van der Waals surface area contributed by atoms with Crippen LogP contribution in [0.25, 0.3) is 0 Å². The Morgan fingerprint density at radius 3 is 2.69 bits per heavy atom. The second kappa shape index (κ2) is 6.86. The van der Waals surface area contributed by atoms with Gasteiger partial charge < -0.3 is 10.5 Å². The Kier molecular flexibility index (Phi) is 4.55. The lowest BCUT2D eigenvalue weighted by Crippen LogP contribution is -2.54. The van der Waals surface area contributed by atoms with E-state index in [0.29, 0.717) is 30.2 Å². The number of ketones is 1. The van der Waals surface area contributed by atoms with Crippen LogP contribution in [0.3, 0.4) is 0 Å². The molecule has 1 aliphatic carbocycles. The fourth-order valence-electron chi connectivity index (χ4n) is 3.90. The standard InChI is InChI=1S/C21H21ClN2O2/c22-16-10-5-4-9-15(16)21-12-6-11-18(19(21)25)26-20(24-21)17(23)13-14-7-2-1-3-8-14/h1-5,7-10,17-18H,6,11-13,23H2/t17-,18-,21-/m0/s1. The van der Waals surface area contributed by atoms with Crippen molar-refractivity contribution in [3.05, 3.63) is 70.7 Å². The van der Waals surface area contributed by atoms with Crippen LogP contribution in [0.1, 0.15) is 30.4 Å². The number of Topliss-reactive ketones (excluding diaryl/α,β-unsaturated/α-hetero) is 1. The number of hydrogen-bond acceptors (Lipinski definition) is 4. The van der Waals surface area contributed by atoms with Crippen LogP contribution in [0.4, 0.5) is 0 Å². The molecule has 1 heterocycles. The Labute approximate surface area is 158 Å². The molecule has 2 aromatic carbocycles. The Hall–Kier alpha value is -2.17. The second-order valence-corrected chi connectivity index (χ2v) is 7.36. The Morgan fingerprint density at radius 1 is 1.19 bits per heavy atom. The topological polar surface area (TPSA) is 64.7 Å². The number of carbonyl (C=O) groups is 1. The van der Waals surface area contributed by atoms with Gasteiger partial charge in [-0.15, -0.1) is 0 Å². The second-order valence-electron chi connectivity index (χ2n) is 6.95. The van der Waals surface area contributed by atoms with Crippen molar-refractivity contribution in [2.45, 2.75) is 43.4 Å². The fourth-order valence-corrected chi connectivity index (χ4v) is 4.19. The molecule has 0 saturated heterocycles. The van der Waals surface area contributed by atoms with E-state index in [1.165, 1.54) is 0 Å². The maximum absolute atomic E-state index is 13.1. The highest BCUT2D eigenvalue weighted by Crippen LogP contribution is 2.44. The molecule has 3 atom stereocenters. The largest absolute Gasteiger partial charge is 0.468 e. The third-order valence-corrected chi connectivity index (χ3v) is 5.53. The molecule has 5 heteroatoms. The zero-order valence-electron chi connectivity index (χ0n) is 14.4. The Morgan fingerprint density at radius 2 is 1.92 bits per heavy atom. The quantitative estimate of drug-likeness (QED) is 0.895. The van der Waals surface area contributed by atoms with Gasteiger partial charge in [0.1, 0.15) is 0 Å². The molecule has 2 aromatic rings. The van der Waals surface area contributed by atoms with Crippen molar-refractivity contribution in [3.63, 3.8) is 0 Å². The molecule has 0 spiro atoms. The van der Waals surface area contributed by atoms with Crippen molar-refractivity contribution in [1.29, 1.82) is 0 Å². The monoisotopic (exact) mass is 368 g/mol. The molecule has 0 unspecified atom stereocenters. The van der Waals surface area contributed by atoms with Crippen molar-refractivity contribution in [3.8, 4) is 0 Å². The van der Waals surface area contributed by atoms with E-state index in [1.807, 2.05) is 48.5 Å². The molecular weight excluding hydrogens is 348 g/mol. The first-order valence-corrected chi connectivity index (χ1v) is 9.33. The average molecular weight is 369 g/mol. The number of ether oxygens (including phenoxy) is 1. The summed E-state index contributed by atoms with van der Waals surface area (Å²) in [6.07, 6.45) is 2.32. The van der Waals surface area contributed by atoms with Gasteiger partial charge in [-0.2, -0.15) is 0 Å². The maximum atomic E-state index is 13.1. The van der Waals surface area contributed by atoms with Gasteiger partial charge in [-0.1, -0.05) is 60.1 Å². The molecular formula is C21H21ClN2O2. The smallest absolute Gasteiger partial charge is 0.205 e. The number of nitrogens with zero attached hydrogens (tertiary/aromatic N) is 1. The van der Waals surface area contributed by atoms with E-state index in [1.54, 1.807) is 6.07 Å². The maximum Gasteiger partial charge on any atom is 0.205 e. The molecule has 2 aliphatic rings. The summed E-state index contributed by atoms with van der Waals surface area (Å²) in [7, 11) is 0. The van der Waals surface area contributed by atoms with E-state index in [2.05, 4.69) is 0 Å². The van der Waals surface area contributed by atoms with Crippen LogP contribution in [0.5, 0.6) is 0 Å². The molecule has 1 aliphatic heterocycles. The lowest BCUT2D eigenvalue weighted by molar-refractivity contribution is -0.137. The first-order chi connectivity index (χ1) is 12.6. The molecule has 4 rings (SSSR count). The third-order valence-electron chi connectivity index (χ3n) is 5.20. The molecule has 4 nitrogen and oxygen atoms in total. The van der Waals surface area contributed by atoms with Crippen LogP contribution >= 0.6 is 11.6 Å². The number of nitrogens with two attached hydrogens (primary N) is 1. The molecule has 0 amide bonds. The zero-order valence-corrected chi connectivity index (χ0v) is 15.2. The molecule has 0 radical (unpaired) electrons. The highest BCUT2D eigenvalue weighted by molar-refractivity contribution is 6.32. The number of hydrogen-bond donors (Lipinski definition) is 1. The van der Waals surface area contributed by atoms with Gasteiger partial charge in [0.25, 0.3) is 0 Å². The van der Waals surface area contributed by atoms with E-state index >= 15 is 0 Å². The number of benzene rings is 2. The molecule has 1 saturated carbocycles. The summed E-state index contributed by atoms with van der Waals surface area (Å²) in [6, 6.07) is 17.0. The zero-order chi connectivity index (χ0) is 18.1. The van der Waals surface area contributed by atoms with Crippen LogP contribution in [0.2, 0.25) is 5.02 Å². The van der Waals surface area contributed by atoms with Gasteiger partial charge >= 0.3 is 0 Å². The predicted octanol–water partition coefficient (Wildman–Crippen LogP) is 3.66. The van der Waals surface area contributed by atoms with Crippen LogP contribution in [-0.2, 0) is 21.5 Å². The summed E-state index contributed by atoms with van der Waals surface area (Å²) in [5.41, 5.74) is 7.30. The van der Waals surface area contributed by atoms with Gasteiger partial charge in [0.05, 0.1) is 6.04 Å². The highest BCUT2D eigenvalue weighted by Gasteiger charge is 2.52. The number of fused-ring (bicyclic) bond motifs is 2. The van der Waals surface area contributed by atoms with Gasteiger partial charge in [-0.25, -0.2) is 4.99 Å². The van der Waals surface area contributed by atoms with E-state index in [4.69, 9.17) is 27.1 Å². The summed E-state index contributed by atoms with van der Waals surface area (Å²) < 4.78 is 5.92. The minimum atomic E-state index is -0.969. The molecule has 2 N–H and O–H groups in total. The lowest BCUT2D eigenvalue weighted by atomic mass is 9.73. The summed E-state index contributed by atoms with van der Waals surface area (Å²) in [6.45, 7) is 0. The lowest BCUT2D eigenvalue weighted by Gasteiger charge is -2.42. The minimum absolute atomic E-state index is 0.00693.